The summed E-state index contributed by atoms with van der Waals surface area (Å²) in [6.07, 6.45) is 7.53. The van der Waals surface area contributed by atoms with Crippen LogP contribution < -0.4 is 11.1 Å². The Morgan fingerprint density at radius 1 is 0.935 bits per heavy atom. The number of carbonyl (C=O) groups is 4. The third-order valence-corrected chi connectivity index (χ3v) is 12.6. The molecule has 1 unspecified atom stereocenters. The number of allylic oxidation sites excluding steroid dienone is 1. The molecule has 14 nitrogen and oxygen atoms in total. The second-order valence-corrected chi connectivity index (χ2v) is 16.7. The number of anilines is 1. The lowest BCUT2D eigenvalue weighted by Gasteiger charge is -2.49. The number of nitrogen functional groups attached to an aromatic ring is 1. The van der Waals surface area contributed by atoms with Crippen LogP contribution in [-0.2, 0) is 39.0 Å². The quantitative estimate of drug-likeness (QED) is 0.0274. The van der Waals surface area contributed by atoms with E-state index in [4.69, 9.17) is 24.8 Å². The Hall–Kier alpha value is -6.78. The lowest BCUT2D eigenvalue weighted by Crippen LogP contribution is -2.71. The summed E-state index contributed by atoms with van der Waals surface area (Å²) in [6.45, 7) is 1.62. The Morgan fingerprint density at radius 2 is 1.60 bits per heavy atom. The van der Waals surface area contributed by atoms with Crippen LogP contribution in [0.15, 0.2) is 143 Å². The molecule has 3 atom stereocenters. The molecule has 0 spiro atoms. The number of benzene rings is 3. The van der Waals surface area contributed by atoms with Gasteiger partial charge in [-0.15, -0.1) is 23.1 Å². The van der Waals surface area contributed by atoms with Crippen molar-refractivity contribution in [3.63, 3.8) is 0 Å². The molecule has 62 heavy (non-hydrogen) atoms. The first kappa shape index (κ1) is 41.9. The van der Waals surface area contributed by atoms with Crippen molar-refractivity contribution in [3.8, 4) is 0 Å². The monoisotopic (exact) mass is 870 g/mol. The molecule has 0 radical (unpaired) electrons. The number of rotatable bonds is 15. The van der Waals surface area contributed by atoms with Gasteiger partial charge in [0.1, 0.15) is 22.8 Å². The molecule has 3 aliphatic rings. The molecule has 2 aliphatic heterocycles. The minimum Gasteiger partial charge on any atom is -0.434 e. The van der Waals surface area contributed by atoms with E-state index in [1.54, 1.807) is 36.0 Å². The van der Waals surface area contributed by atoms with Crippen LogP contribution >= 0.6 is 23.1 Å². The van der Waals surface area contributed by atoms with Crippen molar-refractivity contribution in [2.45, 2.75) is 49.5 Å². The minimum atomic E-state index is -1.33. The highest BCUT2D eigenvalue weighted by molar-refractivity contribution is 8.00. The van der Waals surface area contributed by atoms with Gasteiger partial charge >= 0.3 is 12.1 Å². The van der Waals surface area contributed by atoms with Crippen LogP contribution in [0, 0.1) is 5.92 Å². The number of oxime groups is 1. The van der Waals surface area contributed by atoms with Crippen molar-refractivity contribution < 1.29 is 38.2 Å². The molecular formula is C46H42N6O8S2. The summed E-state index contributed by atoms with van der Waals surface area (Å²) >= 11 is 2.46. The van der Waals surface area contributed by atoms with Crippen molar-refractivity contribution in [1.82, 2.24) is 20.2 Å². The molecule has 2 amide bonds. The first-order valence-corrected chi connectivity index (χ1v) is 21.9. The summed E-state index contributed by atoms with van der Waals surface area (Å²) in [6, 6.07) is 31.1. The highest BCUT2D eigenvalue weighted by Crippen LogP contribution is 2.43. The van der Waals surface area contributed by atoms with E-state index in [1.165, 1.54) is 23.6 Å². The maximum absolute atomic E-state index is 14.4. The number of ether oxygens (including phenoxy) is 3. The Morgan fingerprint density at radius 3 is 2.16 bits per heavy atom. The third-order valence-electron chi connectivity index (χ3n) is 10.6. The zero-order chi connectivity index (χ0) is 43.1. The summed E-state index contributed by atoms with van der Waals surface area (Å²) in [4.78, 5) is 71.4. The van der Waals surface area contributed by atoms with E-state index in [9.17, 15) is 19.2 Å². The molecule has 3 N–H and O–H groups in total. The Balaban J connectivity index is 1.07. The zero-order valence-corrected chi connectivity index (χ0v) is 35.1. The molecule has 1 aliphatic carbocycles. The van der Waals surface area contributed by atoms with Crippen LogP contribution in [0.3, 0.4) is 0 Å². The van der Waals surface area contributed by atoms with Crippen molar-refractivity contribution in [2.24, 2.45) is 11.1 Å². The van der Waals surface area contributed by atoms with Crippen molar-refractivity contribution >= 4 is 64.0 Å². The highest BCUT2D eigenvalue weighted by Gasteiger charge is 2.55. The van der Waals surface area contributed by atoms with E-state index in [0.717, 1.165) is 52.9 Å². The zero-order valence-electron chi connectivity index (χ0n) is 33.5. The van der Waals surface area contributed by atoms with Gasteiger partial charge in [-0.1, -0.05) is 121 Å². The van der Waals surface area contributed by atoms with Crippen LogP contribution in [-0.4, -0.2) is 74.6 Å². The molecule has 316 valence electrons. The summed E-state index contributed by atoms with van der Waals surface area (Å²) in [5, 5.41) is 8.46. The topological polar surface area (TPSA) is 185 Å². The lowest BCUT2D eigenvalue weighted by atomic mass is 9.80. The predicted molar refractivity (Wildman–Crippen MR) is 234 cm³/mol. The molecule has 3 aromatic carbocycles. The van der Waals surface area contributed by atoms with Crippen molar-refractivity contribution in [3.05, 3.63) is 166 Å². The van der Waals surface area contributed by atoms with Gasteiger partial charge in [-0.25, -0.2) is 14.6 Å². The number of pyridine rings is 1. The number of β-lactam (4-membered cyclic amide) rings is 1. The average molecular weight is 871 g/mol. The SMILES string of the molecule is CC(OC(=O)OCC1CCC1)OC(=O)C1=C(/C=C\c2cccnc2)CS[C@@H]2[C@H](NC(=O)C(=NOC(c3ccccc3)(c3ccccc3)c3ccccc3)c3csc(N)n3)C(=O)N12. The third kappa shape index (κ3) is 8.97. The smallest absolute Gasteiger partial charge is 0.434 e. The number of carbonyl (C=O) groups excluding carboxylic acids is 4. The normalized spacial score (nSPS) is 18.2. The highest BCUT2D eigenvalue weighted by atomic mass is 32.2. The van der Waals surface area contributed by atoms with Crippen molar-refractivity contribution in [2.75, 3.05) is 18.1 Å². The van der Waals surface area contributed by atoms with Crippen LogP contribution in [0.5, 0.6) is 0 Å². The number of thiazole rings is 1. The number of thioether (sulfide) groups is 1. The Labute approximate surface area is 365 Å². The van der Waals surface area contributed by atoms with Crippen molar-refractivity contribution in [1.29, 1.82) is 0 Å². The van der Waals surface area contributed by atoms with E-state index < -0.39 is 47.2 Å². The number of aromatic nitrogens is 2. The number of esters is 1. The van der Waals surface area contributed by atoms with Crippen LogP contribution in [0.2, 0.25) is 0 Å². The molecular weight excluding hydrogens is 829 g/mol. The maximum atomic E-state index is 14.4. The second kappa shape index (κ2) is 18.9. The van der Waals surface area contributed by atoms with E-state index in [0.29, 0.717) is 11.5 Å². The standard InChI is InChI=1S/C46H42N6O8S2/c1-29(59-45(56)57-26-31-13-11-14-31)58-43(55)39-32(23-22-30-15-12-24-48-25-30)27-61-42-38(41(54)52(39)42)50-40(53)37(36-28-62-44(47)49-36)51-60-46(33-16-5-2-6-17-33,34-18-7-3-8-19-34)35-20-9-4-10-21-35/h2-10,12,15-25,28-29,31,38,42H,11,13-14,26-27H2,1H3,(H2,47,49)(H,50,53)/b23-22-,51-37?/t29?,38-,42-/m1/s1. The first-order valence-electron chi connectivity index (χ1n) is 20.0. The van der Waals surface area contributed by atoms with E-state index in [-0.39, 0.29) is 34.6 Å². The summed E-state index contributed by atoms with van der Waals surface area (Å²) < 4.78 is 16.0. The molecule has 2 aromatic heterocycles. The molecule has 1 saturated heterocycles. The van der Waals surface area contributed by atoms with E-state index >= 15 is 0 Å². The number of fused-ring (bicyclic) bond motifs is 1. The number of nitrogens with two attached hydrogens (primary N) is 1. The molecule has 8 rings (SSSR count). The fourth-order valence-corrected chi connectivity index (χ4v) is 9.14. The molecule has 0 bridgehead atoms. The summed E-state index contributed by atoms with van der Waals surface area (Å²) in [7, 11) is 0. The Bertz CT molecular complexity index is 2400. The summed E-state index contributed by atoms with van der Waals surface area (Å²) in [5.74, 6) is -1.67. The number of nitrogens with zero attached hydrogens (tertiary/aromatic N) is 4. The fourth-order valence-electron chi connectivity index (χ4n) is 7.28. The first-order chi connectivity index (χ1) is 30.2. The summed E-state index contributed by atoms with van der Waals surface area (Å²) in [5.41, 5.74) is 8.07. The van der Waals surface area contributed by atoms with E-state index in [2.05, 4.69) is 20.4 Å². The second-order valence-electron chi connectivity index (χ2n) is 14.7. The molecule has 2 fully saturated rings. The largest absolute Gasteiger partial charge is 0.511 e. The maximum Gasteiger partial charge on any atom is 0.511 e. The number of nitrogens with one attached hydrogen (secondary N) is 1. The minimum absolute atomic E-state index is 0.0504. The molecule has 16 heteroatoms. The molecule has 1 saturated carbocycles. The number of amides is 2. The fraction of sp³-hybridized carbons (Fsp3) is 0.239. The number of hydrogen-bond acceptors (Lipinski definition) is 14. The van der Waals surface area contributed by atoms with Gasteiger partial charge in [0.2, 0.25) is 11.9 Å². The van der Waals surface area contributed by atoms with Gasteiger partial charge in [0, 0.05) is 47.1 Å². The van der Waals surface area contributed by atoms with Crippen LogP contribution in [0.1, 0.15) is 54.1 Å². The van der Waals surface area contributed by atoms with Crippen LogP contribution in [0.25, 0.3) is 6.08 Å². The Kier molecular flexibility index (Phi) is 12.8. The average Bonchev–Trinajstić information content (AvgIpc) is 3.71. The van der Waals surface area contributed by atoms with Gasteiger partial charge in [-0.2, -0.15) is 0 Å². The van der Waals surface area contributed by atoms with Gasteiger partial charge in [0.15, 0.2) is 10.8 Å². The van der Waals surface area contributed by atoms with Gasteiger partial charge in [0.05, 0.1) is 6.61 Å². The van der Waals surface area contributed by atoms with Gasteiger partial charge in [0.25, 0.3) is 11.8 Å². The van der Waals surface area contributed by atoms with Crippen LogP contribution in [0.4, 0.5) is 9.93 Å². The molecule has 4 heterocycles. The van der Waals surface area contributed by atoms with Gasteiger partial charge < -0.3 is 30.1 Å². The molecule has 5 aromatic rings. The lowest BCUT2D eigenvalue weighted by molar-refractivity contribution is -0.169. The predicted octanol–water partition coefficient (Wildman–Crippen LogP) is 7.04. The van der Waals surface area contributed by atoms with E-state index in [1.807, 2.05) is 97.1 Å². The van der Waals surface area contributed by atoms with Gasteiger partial charge in [-0.05, 0) is 36.0 Å². The number of hydrogen-bond donors (Lipinski definition) is 2. The van der Waals surface area contributed by atoms with Gasteiger partial charge in [-0.3, -0.25) is 19.5 Å².